The molecule has 0 radical (unpaired) electrons. The zero-order valence-electron chi connectivity index (χ0n) is 54.9. The molecule has 0 saturated heterocycles. The van der Waals surface area contributed by atoms with E-state index < -0.39 is 0 Å². The quantitative estimate of drug-likeness (QED) is 0.142. The van der Waals surface area contributed by atoms with Gasteiger partial charge in [0.25, 0.3) is 0 Å². The van der Waals surface area contributed by atoms with Gasteiger partial charge in [0.2, 0.25) is 0 Å². The van der Waals surface area contributed by atoms with Crippen molar-refractivity contribution >= 4 is 45.5 Å². The molecule has 2 aliphatic heterocycles. The Morgan fingerprint density at radius 2 is 0.696 bits per heavy atom. The van der Waals surface area contributed by atoms with Crippen molar-refractivity contribution < 1.29 is 33.4 Å². The second-order valence-electron chi connectivity index (χ2n) is 23.6. The summed E-state index contributed by atoms with van der Waals surface area (Å²) in [4.78, 5) is 7.49. The first-order valence-electron chi connectivity index (χ1n) is 31.4. The Hall–Kier alpha value is -7.64. The van der Waals surface area contributed by atoms with Crippen LogP contribution in [0.15, 0.2) is 200 Å². The van der Waals surface area contributed by atoms with Crippen LogP contribution in [0.5, 0.6) is 0 Å². The molecule has 0 fully saturated rings. The van der Waals surface area contributed by atoms with E-state index in [1.165, 1.54) is 22.3 Å². The first-order valence-corrected chi connectivity index (χ1v) is 26.9. The van der Waals surface area contributed by atoms with Crippen LogP contribution >= 0.6 is 0 Å². The van der Waals surface area contributed by atoms with Gasteiger partial charge in [-0.25, -0.2) is 0 Å². The first kappa shape index (κ1) is 43.3. The Morgan fingerprint density at radius 3 is 1.06 bits per heavy atom. The zero-order chi connectivity index (χ0) is 62.0. The molecule has 0 unspecified atom stereocenters. The number of rotatable bonds is 8. The van der Waals surface area contributed by atoms with Crippen LogP contribution in [-0.2, 0) is 42.7 Å². The normalized spacial score (nSPS) is 18.4. The summed E-state index contributed by atoms with van der Waals surface area (Å²) >= 11 is 0. The van der Waals surface area contributed by atoms with Gasteiger partial charge in [-0.2, -0.15) is 6.04 Å². The fourth-order valence-electron chi connectivity index (χ4n) is 12.3. The number of hydrogen-bond donors (Lipinski definition) is 0. The van der Waals surface area contributed by atoms with E-state index in [0.717, 1.165) is 36.8 Å². The van der Waals surface area contributed by atoms with E-state index in [4.69, 9.17) is 11.8 Å². The minimum absolute atomic E-state index is 0. The fourth-order valence-corrected chi connectivity index (χ4v) is 12.3. The number of para-hydroxylation sites is 6. The summed E-state index contributed by atoms with van der Waals surface area (Å²) in [5.74, 6) is 0. The van der Waals surface area contributed by atoms with Crippen LogP contribution in [0.3, 0.4) is 0 Å². The Balaban J connectivity index is 0.00000264. The Kier molecular flexibility index (Phi) is 11.3. The average Bonchev–Trinajstić information content (AvgIpc) is 1.53. The van der Waals surface area contributed by atoms with Gasteiger partial charge in [-0.05, 0) is 119 Å². The molecule has 0 spiro atoms. The molecule has 4 aliphatic rings. The molecule has 2 aliphatic carbocycles. The maximum absolute atomic E-state index is 9.84. The summed E-state index contributed by atoms with van der Waals surface area (Å²) in [5.41, 5.74) is 13.2. The van der Waals surface area contributed by atoms with Crippen molar-refractivity contribution in [2.45, 2.75) is 103 Å². The second-order valence-corrected chi connectivity index (χ2v) is 23.6. The van der Waals surface area contributed by atoms with Gasteiger partial charge in [-0.15, -0.1) is 42.9 Å². The third-order valence-corrected chi connectivity index (χ3v) is 16.9. The average molecular weight is 1220 g/mol. The zero-order valence-corrected chi connectivity index (χ0v) is 48.2. The van der Waals surface area contributed by atoms with Gasteiger partial charge in [0.1, 0.15) is 0 Å². The van der Waals surface area contributed by atoms with Gasteiger partial charge >= 0.3 is 21.1 Å². The van der Waals surface area contributed by atoms with Crippen molar-refractivity contribution in [2.75, 3.05) is 19.6 Å². The van der Waals surface area contributed by atoms with Crippen molar-refractivity contribution in [3.8, 4) is 44.5 Å². The number of hydrogen-bond acceptors (Lipinski definition) is 5. The summed E-state index contributed by atoms with van der Waals surface area (Å²) in [6.45, 7) is 26.6. The van der Waals surface area contributed by atoms with E-state index >= 15 is 0 Å². The van der Waals surface area contributed by atoms with E-state index in [-0.39, 0.29) is 108 Å². The molecule has 0 amide bonds. The molecule has 13 rings (SSSR count). The Bertz CT molecular complexity index is 4030. The van der Waals surface area contributed by atoms with Gasteiger partial charge in [0.15, 0.2) is 0 Å². The number of anilines is 8. The molecule has 9 aromatic carbocycles. The molecule has 0 N–H and O–H groups in total. The summed E-state index contributed by atoms with van der Waals surface area (Å²) in [5, 5.41) is 6.25. The van der Waals surface area contributed by atoms with Crippen LogP contribution in [0.2, 0.25) is 0 Å². The molecule has 0 aromatic heterocycles. The van der Waals surface area contributed by atoms with E-state index in [1.54, 1.807) is 9.80 Å². The molecule has 2 heterocycles. The van der Waals surface area contributed by atoms with E-state index in [1.807, 2.05) is 132 Å². The number of benzene rings is 9. The van der Waals surface area contributed by atoms with Crippen molar-refractivity contribution in [1.29, 1.82) is 5.26 Å². The minimum atomic E-state index is -0.339. The molecule has 0 bridgehead atoms. The van der Waals surface area contributed by atoms with Crippen molar-refractivity contribution in [2.24, 2.45) is 0 Å². The Labute approximate surface area is 496 Å². The maximum atomic E-state index is 9.84. The minimum Gasteiger partial charge on any atom is -0.512 e. The van der Waals surface area contributed by atoms with Crippen LogP contribution < -0.4 is 19.6 Å². The molecule has 0 saturated carbocycles. The predicted octanol–water partition coefficient (Wildman–Crippen LogP) is 19.8. The topological polar surface area (TPSA) is 36.8 Å². The predicted molar refractivity (Wildman–Crippen MR) is 325 cm³/mol. The third-order valence-electron chi connectivity index (χ3n) is 16.9. The Morgan fingerprint density at radius 1 is 0.392 bits per heavy atom. The standard InChI is InChI=1S/C72H67N4.CN.Pt/c1-69(2)40-42-71(5,6)61-44-51(36-38-59(61)69)57-30-20-28-55(49-22-11-9-12-23-49)67(57)75-47-73(63-32-15-17-34-65(63)75)53-26-19-27-54(46-53)74-48-76(66-35-18-16-33-64(66)74)68-56(50-24-13-10-14-25-50)29-21-31-58(68)52-37-39-60-62(45-52)72(7,8)43-41-70(60,3)4;1-2;/h9-39,44-45,47-48H,40-43H2,1-8H3;;/q-3;-1;+4/i19D,20D,21D,26D,27D,28D,29D,30D,31D;;. The van der Waals surface area contributed by atoms with Gasteiger partial charge in [-0.3, -0.25) is 0 Å². The number of fused-ring (bicyclic) bond motifs is 4. The molecule has 5 nitrogen and oxygen atoms in total. The van der Waals surface area contributed by atoms with Gasteiger partial charge in [0, 0.05) is 57.7 Å². The third kappa shape index (κ3) is 9.27. The SMILES string of the molecule is [2H]c1c(N2[CH-]N(c3c(-c4ccccc4)c([2H])c([2H])c([2H])c3-c3ccc4c(c3)C(C)(C)CCC4(C)C)c3ccccc32)[c-]c(N2[CH-]N(c3c(-c4ccccc4)c([2H])c([2H])c([2H])c3-c3ccc4c(c3)C(C)(C)CCC4(C)C)c3ccccc32)c([2H])c1[2H].[C-]#N.[Pt+4]. The second kappa shape index (κ2) is 20.5. The summed E-state index contributed by atoms with van der Waals surface area (Å²) < 4.78 is 87.0. The summed E-state index contributed by atoms with van der Waals surface area (Å²) in [7, 11) is 0. The summed E-state index contributed by atoms with van der Waals surface area (Å²) in [6.07, 6.45) is 4.01. The molecule has 6 heteroatoms. The van der Waals surface area contributed by atoms with Crippen LogP contribution in [0.4, 0.5) is 45.5 Å². The smallest absolute Gasteiger partial charge is 0.512 e. The monoisotopic (exact) mass is 1220 g/mol. The molecular formula is C73H67N5Pt. The molecule has 394 valence electrons. The van der Waals surface area contributed by atoms with Crippen molar-refractivity contribution in [1.82, 2.24) is 0 Å². The van der Waals surface area contributed by atoms with E-state index in [2.05, 4.69) is 97.9 Å². The summed E-state index contributed by atoms with van der Waals surface area (Å²) in [6, 6.07) is 49.3. The van der Waals surface area contributed by atoms with E-state index in [0.29, 0.717) is 67.5 Å². The first-order chi connectivity index (χ1) is 41.4. The van der Waals surface area contributed by atoms with Crippen LogP contribution in [-0.4, -0.2) is 0 Å². The fraction of sp³-hybridized carbons (Fsp3) is 0.219. The number of nitrogens with zero attached hydrogens (tertiary/aromatic N) is 5. The van der Waals surface area contributed by atoms with Crippen LogP contribution in [0.1, 0.15) is 116 Å². The van der Waals surface area contributed by atoms with Crippen molar-refractivity contribution in [3.63, 3.8) is 0 Å². The molecule has 79 heavy (non-hydrogen) atoms. The van der Waals surface area contributed by atoms with Crippen molar-refractivity contribution in [3.05, 3.63) is 248 Å². The van der Waals surface area contributed by atoms with Gasteiger partial charge < -0.3 is 31.4 Å². The van der Waals surface area contributed by atoms with Gasteiger partial charge in [0.05, 0.1) is 8.22 Å². The molecular weight excluding hydrogens is 1140 g/mol. The van der Waals surface area contributed by atoms with Crippen LogP contribution in [0.25, 0.3) is 44.5 Å². The molecule has 0 atom stereocenters. The van der Waals surface area contributed by atoms with Gasteiger partial charge in [-0.1, -0.05) is 213 Å². The van der Waals surface area contributed by atoms with E-state index in [9.17, 15) is 12.3 Å². The maximum Gasteiger partial charge on any atom is 4.00 e. The largest absolute Gasteiger partial charge is 4.00 e. The van der Waals surface area contributed by atoms with Crippen LogP contribution in [0, 0.1) is 31.2 Å². The molecule has 9 aromatic rings.